The van der Waals surface area contributed by atoms with Gasteiger partial charge in [0.15, 0.2) is 4.73 Å². The minimum Gasteiger partial charge on any atom is -0.366 e. The summed E-state index contributed by atoms with van der Waals surface area (Å²) < 4.78 is 15.1. The van der Waals surface area contributed by atoms with Crippen LogP contribution in [-0.4, -0.2) is 14.8 Å². The van der Waals surface area contributed by atoms with E-state index in [2.05, 4.69) is 26.0 Å². The summed E-state index contributed by atoms with van der Waals surface area (Å²) in [5.41, 5.74) is 6.18. The van der Waals surface area contributed by atoms with E-state index in [1.54, 1.807) is 12.1 Å². The number of anilines is 1. The van der Waals surface area contributed by atoms with Crippen molar-refractivity contribution in [1.82, 2.24) is 14.8 Å². The molecule has 0 amide bonds. The number of nitrogens with two attached hydrogens (primary N) is 1. The maximum absolute atomic E-state index is 13.1. The highest BCUT2D eigenvalue weighted by atomic mass is 79.9. The zero-order valence-electron chi connectivity index (χ0n) is 8.56. The largest absolute Gasteiger partial charge is 0.366 e. The summed E-state index contributed by atoms with van der Waals surface area (Å²) in [7, 11) is 0. The van der Waals surface area contributed by atoms with E-state index in [1.165, 1.54) is 16.8 Å². The van der Waals surface area contributed by atoms with Gasteiger partial charge in [0, 0.05) is 0 Å². The monoisotopic (exact) mass is 295 g/mol. The van der Waals surface area contributed by atoms with E-state index in [1.807, 2.05) is 0 Å². The maximum Gasteiger partial charge on any atom is 0.240 e. The van der Waals surface area contributed by atoms with Crippen LogP contribution in [0.5, 0.6) is 0 Å². The summed E-state index contributed by atoms with van der Waals surface area (Å²) in [6, 6.07) is 6.09. The summed E-state index contributed by atoms with van der Waals surface area (Å²) in [5.74, 6) is -0.382. The van der Waals surface area contributed by atoms with Crippen LogP contribution in [-0.2, 0) is 6.54 Å². The fraction of sp³-hybridized carbons (Fsp3) is 0.100. The first-order valence-corrected chi connectivity index (χ1v) is 5.44. The van der Waals surface area contributed by atoms with Gasteiger partial charge in [0.25, 0.3) is 0 Å². The molecule has 0 spiro atoms. The van der Waals surface area contributed by atoms with Crippen LogP contribution in [0.1, 0.15) is 11.1 Å². The lowest BCUT2D eigenvalue weighted by atomic mass is 10.1. The van der Waals surface area contributed by atoms with Gasteiger partial charge >= 0.3 is 0 Å². The minimum absolute atomic E-state index is 0.00621. The lowest BCUT2D eigenvalue weighted by Crippen LogP contribution is -2.03. The molecule has 2 rings (SSSR count). The number of nitrogen functional groups attached to an aromatic ring is 1. The van der Waals surface area contributed by atoms with Crippen molar-refractivity contribution in [2.24, 2.45) is 0 Å². The molecular weight excluding hydrogens is 289 g/mol. The average Bonchev–Trinajstić information content (AvgIpc) is 2.60. The number of hydrogen-bond acceptors (Lipinski definition) is 4. The second-order valence-corrected chi connectivity index (χ2v) is 4.03. The van der Waals surface area contributed by atoms with Crippen molar-refractivity contribution >= 4 is 21.9 Å². The Balaban J connectivity index is 2.31. The summed E-state index contributed by atoms with van der Waals surface area (Å²) in [6.45, 7) is 0.361. The summed E-state index contributed by atoms with van der Waals surface area (Å²) in [6.07, 6.45) is 0. The molecule has 0 unspecified atom stereocenters. The lowest BCUT2D eigenvalue weighted by Gasteiger charge is -2.03. The predicted molar refractivity (Wildman–Crippen MR) is 62.4 cm³/mol. The van der Waals surface area contributed by atoms with Crippen molar-refractivity contribution in [2.45, 2.75) is 6.54 Å². The zero-order chi connectivity index (χ0) is 12.4. The van der Waals surface area contributed by atoms with Gasteiger partial charge in [-0.3, -0.25) is 0 Å². The third kappa shape index (κ3) is 2.42. The van der Waals surface area contributed by atoms with Crippen molar-refractivity contribution in [3.05, 3.63) is 39.9 Å². The van der Waals surface area contributed by atoms with Gasteiger partial charge in [0.1, 0.15) is 11.9 Å². The molecular formula is C10H7BrFN5. The van der Waals surface area contributed by atoms with Gasteiger partial charge in [0.2, 0.25) is 5.95 Å². The van der Waals surface area contributed by atoms with E-state index < -0.39 is 5.82 Å². The molecule has 0 radical (unpaired) electrons. The van der Waals surface area contributed by atoms with Crippen LogP contribution in [0.2, 0.25) is 0 Å². The zero-order valence-corrected chi connectivity index (χ0v) is 10.1. The number of nitriles is 1. The number of nitrogens with zero attached hydrogens (tertiary/aromatic N) is 4. The van der Waals surface area contributed by atoms with Crippen molar-refractivity contribution in [1.29, 1.82) is 5.26 Å². The van der Waals surface area contributed by atoms with Crippen LogP contribution in [0.15, 0.2) is 22.9 Å². The molecule has 86 valence electrons. The van der Waals surface area contributed by atoms with Crippen LogP contribution in [0, 0.1) is 17.1 Å². The number of benzene rings is 1. The molecule has 0 aliphatic carbocycles. The van der Waals surface area contributed by atoms with Gasteiger partial charge in [-0.25, -0.2) is 9.07 Å². The van der Waals surface area contributed by atoms with E-state index in [0.717, 1.165) is 5.56 Å². The molecule has 0 aliphatic heterocycles. The molecule has 0 fully saturated rings. The topological polar surface area (TPSA) is 80.5 Å². The molecule has 1 heterocycles. The summed E-state index contributed by atoms with van der Waals surface area (Å²) >= 11 is 3.19. The summed E-state index contributed by atoms with van der Waals surface area (Å²) in [5, 5.41) is 12.7. The quantitative estimate of drug-likeness (QED) is 0.914. The van der Waals surface area contributed by atoms with Gasteiger partial charge in [-0.2, -0.15) is 10.2 Å². The Morgan fingerprint density at radius 1 is 1.53 bits per heavy atom. The van der Waals surface area contributed by atoms with Gasteiger partial charge in [-0.15, -0.1) is 5.10 Å². The van der Waals surface area contributed by atoms with Gasteiger partial charge in [-0.1, -0.05) is 6.07 Å². The van der Waals surface area contributed by atoms with Crippen molar-refractivity contribution in [2.75, 3.05) is 5.73 Å². The molecule has 17 heavy (non-hydrogen) atoms. The Hall–Kier alpha value is -1.94. The molecule has 0 atom stereocenters. The number of rotatable bonds is 2. The molecule has 7 heteroatoms. The number of halogens is 2. The molecule has 1 aromatic carbocycles. The summed E-state index contributed by atoms with van der Waals surface area (Å²) in [4.78, 5) is 3.87. The highest BCUT2D eigenvalue weighted by molar-refractivity contribution is 9.10. The van der Waals surface area contributed by atoms with E-state index in [4.69, 9.17) is 11.0 Å². The van der Waals surface area contributed by atoms with E-state index in [9.17, 15) is 4.39 Å². The van der Waals surface area contributed by atoms with E-state index >= 15 is 0 Å². The SMILES string of the molecule is N#Cc1cc(Cn2nc(N)nc2Br)ccc1F. The Morgan fingerprint density at radius 2 is 2.29 bits per heavy atom. The second kappa shape index (κ2) is 4.51. The fourth-order valence-corrected chi connectivity index (χ4v) is 1.76. The van der Waals surface area contributed by atoms with Crippen LogP contribution < -0.4 is 5.73 Å². The standard InChI is InChI=1S/C10H7BrFN5/c11-9-15-10(14)16-17(9)5-6-1-2-8(12)7(3-6)4-13/h1-3H,5H2,(H2,14,16). The van der Waals surface area contributed by atoms with Crippen molar-refractivity contribution < 1.29 is 4.39 Å². The molecule has 5 nitrogen and oxygen atoms in total. The molecule has 1 aromatic heterocycles. The maximum atomic E-state index is 13.1. The normalized spacial score (nSPS) is 10.2. The Labute approximate surface area is 105 Å². The van der Waals surface area contributed by atoms with E-state index in [0.29, 0.717) is 11.3 Å². The first kappa shape index (κ1) is 11.5. The molecule has 0 saturated carbocycles. The van der Waals surface area contributed by atoms with Crippen molar-refractivity contribution in [3.8, 4) is 6.07 Å². The third-order valence-electron chi connectivity index (χ3n) is 2.13. The van der Waals surface area contributed by atoms with Gasteiger partial charge < -0.3 is 5.73 Å². The molecule has 2 aromatic rings. The first-order valence-electron chi connectivity index (χ1n) is 4.64. The highest BCUT2D eigenvalue weighted by Gasteiger charge is 2.07. The Bertz CT molecular complexity index is 601. The number of hydrogen-bond donors (Lipinski definition) is 1. The fourth-order valence-electron chi connectivity index (χ4n) is 1.37. The molecule has 2 N–H and O–H groups in total. The smallest absolute Gasteiger partial charge is 0.240 e. The van der Waals surface area contributed by atoms with Crippen LogP contribution in [0.4, 0.5) is 10.3 Å². The van der Waals surface area contributed by atoms with Crippen LogP contribution in [0.3, 0.4) is 0 Å². The predicted octanol–water partition coefficient (Wildman–Crippen LogP) is 1.68. The number of aromatic nitrogens is 3. The highest BCUT2D eigenvalue weighted by Crippen LogP contribution is 2.14. The first-order chi connectivity index (χ1) is 8.10. The molecule has 0 bridgehead atoms. The molecule has 0 aliphatic rings. The van der Waals surface area contributed by atoms with Gasteiger partial charge in [-0.05, 0) is 33.6 Å². The third-order valence-corrected chi connectivity index (χ3v) is 2.71. The minimum atomic E-state index is -0.534. The Kier molecular flexibility index (Phi) is 3.06. The second-order valence-electron chi connectivity index (χ2n) is 3.32. The average molecular weight is 296 g/mol. The van der Waals surface area contributed by atoms with E-state index in [-0.39, 0.29) is 11.5 Å². The van der Waals surface area contributed by atoms with Crippen LogP contribution >= 0.6 is 15.9 Å². The van der Waals surface area contributed by atoms with Crippen LogP contribution in [0.25, 0.3) is 0 Å². The molecule has 0 saturated heterocycles. The van der Waals surface area contributed by atoms with Crippen molar-refractivity contribution in [3.63, 3.8) is 0 Å². The Morgan fingerprint density at radius 3 is 2.88 bits per heavy atom. The van der Waals surface area contributed by atoms with Gasteiger partial charge in [0.05, 0.1) is 12.1 Å². The lowest BCUT2D eigenvalue weighted by molar-refractivity contribution is 0.619.